The van der Waals surface area contributed by atoms with Gasteiger partial charge in [0.1, 0.15) is 28.5 Å². The Balaban J connectivity index is 1.62. The van der Waals surface area contributed by atoms with Crippen molar-refractivity contribution in [2.24, 2.45) is 0 Å². The molecule has 9 heteroatoms. The highest BCUT2D eigenvalue weighted by Crippen LogP contribution is 2.24. The minimum absolute atomic E-state index is 0.0705. The quantitative estimate of drug-likeness (QED) is 0.778. The molecule has 0 bridgehead atoms. The van der Waals surface area contributed by atoms with Gasteiger partial charge in [-0.2, -0.15) is 0 Å². The van der Waals surface area contributed by atoms with Crippen LogP contribution in [0.3, 0.4) is 0 Å². The molecule has 7 nitrogen and oxygen atoms in total. The van der Waals surface area contributed by atoms with Gasteiger partial charge in [0, 0.05) is 19.1 Å². The van der Waals surface area contributed by atoms with E-state index < -0.39 is 23.1 Å². The standard InChI is InChI=1S/C22H25F2N3O4/c1-22(2,3)31-21(29)27-10-8-16(9-11-27)26-19(28)18-12-15(24)13-25-20(18)30-17-6-4-14(23)5-7-17/h4-7,12-13,16H,8-11H2,1-3H3,(H,26,28). The van der Waals surface area contributed by atoms with E-state index in [9.17, 15) is 18.4 Å². The fourth-order valence-corrected chi connectivity index (χ4v) is 3.08. The number of likely N-dealkylation sites (tertiary alicyclic amines) is 1. The molecule has 1 N–H and O–H groups in total. The first-order valence-electron chi connectivity index (χ1n) is 9.98. The van der Waals surface area contributed by atoms with Crippen LogP contribution in [0.2, 0.25) is 0 Å². The van der Waals surface area contributed by atoms with Crippen molar-refractivity contribution in [2.75, 3.05) is 13.1 Å². The maximum Gasteiger partial charge on any atom is 0.410 e. The van der Waals surface area contributed by atoms with E-state index in [2.05, 4.69) is 10.3 Å². The van der Waals surface area contributed by atoms with Crippen LogP contribution in [0.5, 0.6) is 11.6 Å². The lowest BCUT2D eigenvalue weighted by Crippen LogP contribution is -2.47. The Labute approximate surface area is 179 Å². The molecule has 3 rings (SSSR count). The molecule has 1 saturated heterocycles. The van der Waals surface area contributed by atoms with E-state index in [1.165, 1.54) is 24.3 Å². The summed E-state index contributed by atoms with van der Waals surface area (Å²) in [6, 6.07) is 6.02. The number of carbonyl (C=O) groups excluding carboxylic acids is 2. The van der Waals surface area contributed by atoms with Gasteiger partial charge >= 0.3 is 6.09 Å². The van der Waals surface area contributed by atoms with Crippen LogP contribution in [0.15, 0.2) is 36.5 Å². The number of ether oxygens (including phenoxy) is 2. The van der Waals surface area contributed by atoms with Gasteiger partial charge in [-0.15, -0.1) is 0 Å². The van der Waals surface area contributed by atoms with Gasteiger partial charge in [0.25, 0.3) is 5.91 Å². The van der Waals surface area contributed by atoms with Crippen LogP contribution in [0.4, 0.5) is 13.6 Å². The van der Waals surface area contributed by atoms with Crippen LogP contribution in [-0.2, 0) is 4.74 Å². The Hall–Kier alpha value is -3.23. The van der Waals surface area contributed by atoms with Gasteiger partial charge in [-0.05, 0) is 63.9 Å². The number of hydrogen-bond acceptors (Lipinski definition) is 5. The molecule has 1 aliphatic heterocycles. The predicted molar refractivity (Wildman–Crippen MR) is 109 cm³/mol. The van der Waals surface area contributed by atoms with Gasteiger partial charge in [-0.1, -0.05) is 0 Å². The highest BCUT2D eigenvalue weighted by molar-refractivity contribution is 5.96. The monoisotopic (exact) mass is 433 g/mol. The molecule has 1 fully saturated rings. The Kier molecular flexibility index (Phi) is 6.72. The maximum atomic E-state index is 13.7. The van der Waals surface area contributed by atoms with E-state index in [0.29, 0.717) is 25.9 Å². The van der Waals surface area contributed by atoms with Crippen molar-refractivity contribution in [1.29, 1.82) is 0 Å². The second-order valence-corrected chi connectivity index (χ2v) is 8.28. The first kappa shape index (κ1) is 22.5. The van der Waals surface area contributed by atoms with Crippen molar-refractivity contribution in [1.82, 2.24) is 15.2 Å². The van der Waals surface area contributed by atoms with Crippen molar-refractivity contribution < 1.29 is 27.8 Å². The minimum Gasteiger partial charge on any atom is -0.444 e. The van der Waals surface area contributed by atoms with Crippen LogP contribution < -0.4 is 10.1 Å². The molecule has 2 amide bonds. The summed E-state index contributed by atoms with van der Waals surface area (Å²) in [6.45, 7) is 6.27. The van der Waals surface area contributed by atoms with Crippen molar-refractivity contribution >= 4 is 12.0 Å². The molecule has 0 spiro atoms. The number of benzene rings is 1. The minimum atomic E-state index is -0.684. The van der Waals surface area contributed by atoms with Gasteiger partial charge < -0.3 is 19.7 Å². The predicted octanol–water partition coefficient (Wildman–Crippen LogP) is 4.28. The Morgan fingerprint density at radius 2 is 1.74 bits per heavy atom. The number of carbonyl (C=O) groups is 2. The van der Waals surface area contributed by atoms with Crippen LogP contribution in [0.1, 0.15) is 44.0 Å². The number of piperidine rings is 1. The third-order valence-electron chi connectivity index (χ3n) is 4.57. The molecule has 31 heavy (non-hydrogen) atoms. The summed E-state index contributed by atoms with van der Waals surface area (Å²) in [5.41, 5.74) is -0.646. The van der Waals surface area contributed by atoms with Gasteiger partial charge in [-0.25, -0.2) is 18.6 Å². The molecule has 0 radical (unpaired) electrons. The molecule has 1 aliphatic rings. The summed E-state index contributed by atoms with van der Waals surface area (Å²) < 4.78 is 37.8. The second kappa shape index (κ2) is 9.28. The number of aromatic nitrogens is 1. The number of hydrogen-bond donors (Lipinski definition) is 1. The average molecular weight is 433 g/mol. The van der Waals surface area contributed by atoms with E-state index in [4.69, 9.17) is 9.47 Å². The highest BCUT2D eigenvalue weighted by Gasteiger charge is 2.28. The Bertz CT molecular complexity index is 937. The summed E-state index contributed by atoms with van der Waals surface area (Å²) in [5, 5.41) is 2.84. The van der Waals surface area contributed by atoms with Crippen molar-refractivity contribution in [3.8, 4) is 11.6 Å². The summed E-state index contributed by atoms with van der Waals surface area (Å²) >= 11 is 0. The smallest absolute Gasteiger partial charge is 0.410 e. The molecule has 0 unspecified atom stereocenters. The van der Waals surface area contributed by atoms with Crippen molar-refractivity contribution in [3.63, 3.8) is 0 Å². The molecule has 2 heterocycles. The number of nitrogens with zero attached hydrogens (tertiary/aromatic N) is 2. The molecule has 0 aliphatic carbocycles. The Morgan fingerprint density at radius 1 is 1.10 bits per heavy atom. The van der Waals surface area contributed by atoms with E-state index >= 15 is 0 Å². The van der Waals surface area contributed by atoms with E-state index in [1.807, 2.05) is 0 Å². The van der Waals surface area contributed by atoms with Gasteiger partial charge in [0.15, 0.2) is 0 Å². The summed E-state index contributed by atoms with van der Waals surface area (Å²) in [5.74, 6) is -1.48. The zero-order valence-electron chi connectivity index (χ0n) is 17.7. The van der Waals surface area contributed by atoms with Crippen LogP contribution in [0, 0.1) is 11.6 Å². The lowest BCUT2D eigenvalue weighted by atomic mass is 10.0. The van der Waals surface area contributed by atoms with Crippen molar-refractivity contribution in [2.45, 2.75) is 45.3 Å². The average Bonchev–Trinajstić information content (AvgIpc) is 2.70. The van der Waals surface area contributed by atoms with Crippen LogP contribution in [0.25, 0.3) is 0 Å². The zero-order valence-corrected chi connectivity index (χ0v) is 17.7. The van der Waals surface area contributed by atoms with E-state index in [1.54, 1.807) is 25.7 Å². The Morgan fingerprint density at radius 3 is 2.35 bits per heavy atom. The van der Waals surface area contributed by atoms with Crippen molar-refractivity contribution in [3.05, 3.63) is 53.7 Å². The number of rotatable bonds is 4. The summed E-state index contributed by atoms with van der Waals surface area (Å²) in [4.78, 5) is 30.4. The highest BCUT2D eigenvalue weighted by atomic mass is 19.1. The van der Waals surface area contributed by atoms with Gasteiger partial charge in [0.2, 0.25) is 5.88 Å². The van der Waals surface area contributed by atoms with E-state index in [0.717, 1.165) is 12.3 Å². The number of amides is 2. The SMILES string of the molecule is CC(C)(C)OC(=O)N1CCC(NC(=O)c2cc(F)cnc2Oc2ccc(F)cc2)CC1. The molecule has 166 valence electrons. The molecular weight excluding hydrogens is 408 g/mol. The van der Waals surface area contributed by atoms with Gasteiger partial charge in [-0.3, -0.25) is 4.79 Å². The normalized spacial score (nSPS) is 14.8. The second-order valence-electron chi connectivity index (χ2n) is 8.28. The fraction of sp³-hybridized carbons (Fsp3) is 0.409. The van der Waals surface area contributed by atoms with E-state index in [-0.39, 0.29) is 29.3 Å². The lowest BCUT2D eigenvalue weighted by Gasteiger charge is -2.33. The van der Waals surface area contributed by atoms with Gasteiger partial charge in [0.05, 0.1) is 6.20 Å². The third-order valence-corrected chi connectivity index (χ3v) is 4.57. The first-order valence-corrected chi connectivity index (χ1v) is 9.98. The summed E-state index contributed by atoms with van der Waals surface area (Å²) in [7, 11) is 0. The lowest BCUT2D eigenvalue weighted by molar-refractivity contribution is 0.0199. The fourth-order valence-electron chi connectivity index (χ4n) is 3.08. The molecule has 0 saturated carbocycles. The molecule has 0 atom stereocenters. The number of pyridine rings is 1. The summed E-state index contributed by atoms with van der Waals surface area (Å²) in [6.07, 6.45) is 1.61. The molecule has 2 aromatic rings. The maximum absolute atomic E-state index is 13.7. The molecule has 1 aromatic carbocycles. The largest absolute Gasteiger partial charge is 0.444 e. The first-order chi connectivity index (χ1) is 14.6. The topological polar surface area (TPSA) is 80.8 Å². The van der Waals surface area contributed by atoms with Crippen LogP contribution >= 0.6 is 0 Å². The number of nitrogens with one attached hydrogen (secondary N) is 1. The number of halogens is 2. The zero-order chi connectivity index (χ0) is 22.6. The van der Waals surface area contributed by atoms with Crippen LogP contribution in [-0.4, -0.2) is 46.6 Å². The molecule has 1 aromatic heterocycles. The molecular formula is C22H25F2N3O4. The third kappa shape index (κ3) is 6.37.